The van der Waals surface area contributed by atoms with Crippen molar-refractivity contribution in [3.63, 3.8) is 0 Å². The molecule has 0 aromatic carbocycles. The van der Waals surface area contributed by atoms with Crippen molar-refractivity contribution < 1.29 is 0 Å². The van der Waals surface area contributed by atoms with Crippen LogP contribution in [0.3, 0.4) is 0 Å². The lowest BCUT2D eigenvalue weighted by atomic mass is 9.96. The van der Waals surface area contributed by atoms with Gasteiger partial charge in [-0.15, -0.1) is 0 Å². The minimum absolute atomic E-state index is 0.655. The third-order valence-electron chi connectivity index (χ3n) is 3.81. The predicted molar refractivity (Wildman–Crippen MR) is 92.3 cm³/mol. The van der Waals surface area contributed by atoms with E-state index in [-0.39, 0.29) is 0 Å². The van der Waals surface area contributed by atoms with Crippen molar-refractivity contribution in [2.45, 2.75) is 86.2 Å². The fourth-order valence-corrected chi connectivity index (χ4v) is 3.15. The van der Waals surface area contributed by atoms with Crippen LogP contribution in [0.4, 0.5) is 0 Å². The smallest absolute Gasteiger partial charge is 0.0246 e. The molecule has 0 heterocycles. The SMILES string of the molecule is CCCNC(CCC)C(CC)N(CC(C)C)CC(C)C. The van der Waals surface area contributed by atoms with Gasteiger partial charge in [0.05, 0.1) is 0 Å². The molecular weight excluding hydrogens is 244 g/mol. The van der Waals surface area contributed by atoms with Crippen LogP contribution >= 0.6 is 0 Å². The average Bonchev–Trinajstić information content (AvgIpc) is 2.35. The van der Waals surface area contributed by atoms with Gasteiger partial charge in [-0.1, -0.05) is 54.9 Å². The van der Waals surface area contributed by atoms with E-state index in [0.717, 1.165) is 18.4 Å². The first-order valence-corrected chi connectivity index (χ1v) is 8.93. The first kappa shape index (κ1) is 19.9. The molecule has 0 aromatic rings. The summed E-state index contributed by atoms with van der Waals surface area (Å²) in [7, 11) is 0. The molecule has 2 atom stereocenters. The second-order valence-electron chi connectivity index (χ2n) is 7.07. The second kappa shape index (κ2) is 11.6. The Morgan fingerprint density at radius 3 is 1.75 bits per heavy atom. The summed E-state index contributed by atoms with van der Waals surface area (Å²) >= 11 is 0. The van der Waals surface area contributed by atoms with Gasteiger partial charge in [0, 0.05) is 25.2 Å². The number of nitrogens with one attached hydrogen (secondary N) is 1. The lowest BCUT2D eigenvalue weighted by molar-refractivity contribution is 0.117. The molecule has 0 spiro atoms. The van der Waals surface area contributed by atoms with Crippen LogP contribution in [0.5, 0.6) is 0 Å². The maximum atomic E-state index is 3.81. The van der Waals surface area contributed by atoms with Gasteiger partial charge >= 0.3 is 0 Å². The van der Waals surface area contributed by atoms with Gasteiger partial charge in [0.1, 0.15) is 0 Å². The molecule has 2 nitrogen and oxygen atoms in total. The lowest BCUT2D eigenvalue weighted by Crippen LogP contribution is -2.52. The summed E-state index contributed by atoms with van der Waals surface area (Å²) < 4.78 is 0. The Morgan fingerprint density at radius 2 is 1.40 bits per heavy atom. The molecule has 1 N–H and O–H groups in total. The summed E-state index contributed by atoms with van der Waals surface area (Å²) in [4.78, 5) is 2.75. The van der Waals surface area contributed by atoms with Crippen LogP contribution in [0.25, 0.3) is 0 Å². The molecule has 0 aliphatic carbocycles. The quantitative estimate of drug-likeness (QED) is 0.566. The van der Waals surface area contributed by atoms with Gasteiger partial charge in [-0.05, 0) is 37.6 Å². The Kier molecular flexibility index (Phi) is 11.5. The van der Waals surface area contributed by atoms with Gasteiger partial charge < -0.3 is 5.32 Å². The summed E-state index contributed by atoms with van der Waals surface area (Å²) in [5.74, 6) is 1.49. The molecule has 0 radical (unpaired) electrons. The van der Waals surface area contributed by atoms with Gasteiger partial charge in [0.15, 0.2) is 0 Å². The van der Waals surface area contributed by atoms with Crippen LogP contribution in [0, 0.1) is 11.8 Å². The molecule has 0 rings (SSSR count). The molecule has 2 heteroatoms. The first-order valence-electron chi connectivity index (χ1n) is 8.93. The topological polar surface area (TPSA) is 15.3 Å². The number of rotatable bonds is 12. The van der Waals surface area contributed by atoms with Crippen molar-refractivity contribution in [2.24, 2.45) is 11.8 Å². The normalized spacial score (nSPS) is 15.3. The van der Waals surface area contributed by atoms with Gasteiger partial charge in [-0.25, -0.2) is 0 Å². The van der Waals surface area contributed by atoms with Crippen LogP contribution in [0.2, 0.25) is 0 Å². The van der Waals surface area contributed by atoms with Crippen molar-refractivity contribution in [3.8, 4) is 0 Å². The molecule has 0 aliphatic heterocycles. The van der Waals surface area contributed by atoms with E-state index in [1.807, 2.05) is 0 Å². The van der Waals surface area contributed by atoms with Crippen LogP contribution in [0.1, 0.15) is 74.1 Å². The number of nitrogens with zero attached hydrogens (tertiary/aromatic N) is 1. The number of hydrogen-bond acceptors (Lipinski definition) is 2. The molecule has 0 bridgehead atoms. The Hall–Kier alpha value is -0.0800. The third-order valence-corrected chi connectivity index (χ3v) is 3.81. The monoisotopic (exact) mass is 284 g/mol. The summed E-state index contributed by atoms with van der Waals surface area (Å²) in [5, 5.41) is 3.81. The van der Waals surface area contributed by atoms with E-state index in [1.165, 1.54) is 38.8 Å². The van der Waals surface area contributed by atoms with Crippen molar-refractivity contribution in [1.82, 2.24) is 10.2 Å². The second-order valence-corrected chi connectivity index (χ2v) is 7.07. The van der Waals surface area contributed by atoms with Crippen LogP contribution < -0.4 is 5.32 Å². The molecule has 0 fully saturated rings. The van der Waals surface area contributed by atoms with E-state index in [4.69, 9.17) is 0 Å². The molecule has 122 valence electrons. The molecule has 0 saturated carbocycles. The predicted octanol–water partition coefficient (Wildman–Crippen LogP) is 4.55. The van der Waals surface area contributed by atoms with Crippen molar-refractivity contribution in [2.75, 3.05) is 19.6 Å². The van der Waals surface area contributed by atoms with Crippen molar-refractivity contribution in [3.05, 3.63) is 0 Å². The highest BCUT2D eigenvalue weighted by Gasteiger charge is 2.26. The summed E-state index contributed by atoms with van der Waals surface area (Å²) in [6, 6.07) is 1.34. The molecular formula is C18H40N2. The van der Waals surface area contributed by atoms with E-state index >= 15 is 0 Å². The Labute approximate surface area is 128 Å². The standard InChI is InChI=1S/C18H40N2/c1-8-11-17(19-12-9-2)18(10-3)20(13-15(4)5)14-16(6)7/h15-19H,8-14H2,1-7H3. The van der Waals surface area contributed by atoms with E-state index in [0.29, 0.717) is 12.1 Å². The van der Waals surface area contributed by atoms with E-state index < -0.39 is 0 Å². The fourth-order valence-electron chi connectivity index (χ4n) is 3.15. The van der Waals surface area contributed by atoms with Crippen molar-refractivity contribution in [1.29, 1.82) is 0 Å². The van der Waals surface area contributed by atoms with E-state index in [9.17, 15) is 0 Å². The maximum Gasteiger partial charge on any atom is 0.0246 e. The van der Waals surface area contributed by atoms with E-state index in [1.54, 1.807) is 0 Å². The Morgan fingerprint density at radius 1 is 0.850 bits per heavy atom. The first-order chi connectivity index (χ1) is 9.46. The molecule has 20 heavy (non-hydrogen) atoms. The minimum Gasteiger partial charge on any atom is -0.312 e. The number of hydrogen-bond donors (Lipinski definition) is 1. The molecule has 0 aliphatic rings. The van der Waals surface area contributed by atoms with Gasteiger partial charge in [0.2, 0.25) is 0 Å². The lowest BCUT2D eigenvalue weighted by Gasteiger charge is -2.39. The molecule has 0 saturated heterocycles. The zero-order chi connectivity index (χ0) is 15.5. The van der Waals surface area contributed by atoms with Crippen LogP contribution in [-0.4, -0.2) is 36.6 Å². The molecule has 0 amide bonds. The fraction of sp³-hybridized carbons (Fsp3) is 1.00. The van der Waals surface area contributed by atoms with E-state index in [2.05, 4.69) is 58.7 Å². The van der Waals surface area contributed by atoms with Gasteiger partial charge in [-0.2, -0.15) is 0 Å². The average molecular weight is 285 g/mol. The summed E-state index contributed by atoms with van der Waals surface area (Å²) in [6.07, 6.45) is 5.05. The maximum absolute atomic E-state index is 3.81. The van der Waals surface area contributed by atoms with Crippen LogP contribution in [-0.2, 0) is 0 Å². The van der Waals surface area contributed by atoms with Crippen molar-refractivity contribution >= 4 is 0 Å². The third kappa shape index (κ3) is 8.26. The zero-order valence-electron chi connectivity index (χ0n) is 15.2. The largest absolute Gasteiger partial charge is 0.312 e. The summed E-state index contributed by atoms with van der Waals surface area (Å²) in [5.41, 5.74) is 0. The van der Waals surface area contributed by atoms with Crippen LogP contribution in [0.15, 0.2) is 0 Å². The highest BCUT2D eigenvalue weighted by molar-refractivity contribution is 4.84. The molecule has 2 unspecified atom stereocenters. The Balaban J connectivity index is 4.86. The highest BCUT2D eigenvalue weighted by Crippen LogP contribution is 2.17. The van der Waals surface area contributed by atoms with Gasteiger partial charge in [0.25, 0.3) is 0 Å². The Bertz CT molecular complexity index is 203. The summed E-state index contributed by atoms with van der Waals surface area (Å²) in [6.45, 7) is 19.9. The minimum atomic E-state index is 0.655. The molecule has 0 aromatic heterocycles. The zero-order valence-corrected chi connectivity index (χ0v) is 15.2. The highest BCUT2D eigenvalue weighted by atomic mass is 15.2. The van der Waals surface area contributed by atoms with Gasteiger partial charge in [-0.3, -0.25) is 4.90 Å².